The Balaban J connectivity index is 1.79. The van der Waals surface area contributed by atoms with Gasteiger partial charge >= 0.3 is 0 Å². The van der Waals surface area contributed by atoms with Crippen LogP contribution in [0.25, 0.3) is 0 Å². The Morgan fingerprint density at radius 1 is 1.07 bits per heavy atom. The van der Waals surface area contributed by atoms with E-state index in [4.69, 9.17) is 9.47 Å². The van der Waals surface area contributed by atoms with Gasteiger partial charge in [0.15, 0.2) is 6.10 Å². The van der Waals surface area contributed by atoms with Crippen LogP contribution in [-0.2, 0) is 10.2 Å². The average molecular weight is 384 g/mol. The summed E-state index contributed by atoms with van der Waals surface area (Å²) in [5.74, 6) is 1.41. The third-order valence-electron chi connectivity index (χ3n) is 4.83. The summed E-state index contributed by atoms with van der Waals surface area (Å²) in [6, 6.07) is 12.2. The van der Waals surface area contributed by atoms with Crippen LogP contribution in [0.3, 0.4) is 0 Å². The van der Waals surface area contributed by atoms with Crippen molar-refractivity contribution in [2.75, 3.05) is 13.2 Å². The molecule has 4 heteroatoms. The number of carbonyl (C=O) groups excluding carboxylic acids is 1. The van der Waals surface area contributed by atoms with Crippen molar-refractivity contribution in [3.8, 4) is 11.5 Å². The molecule has 0 saturated heterocycles. The van der Waals surface area contributed by atoms with Gasteiger partial charge in [0, 0.05) is 0 Å². The number of aryl methyl sites for hydroxylation is 2. The molecule has 28 heavy (non-hydrogen) atoms. The molecular formula is C24H33NO3. The van der Waals surface area contributed by atoms with E-state index in [1.165, 1.54) is 5.56 Å². The molecule has 0 aromatic heterocycles. The fourth-order valence-corrected chi connectivity index (χ4v) is 2.91. The molecule has 1 atom stereocenters. The Morgan fingerprint density at radius 2 is 1.71 bits per heavy atom. The molecule has 1 N–H and O–H groups in total. The van der Waals surface area contributed by atoms with Gasteiger partial charge in [0.05, 0.1) is 6.54 Å². The highest BCUT2D eigenvalue weighted by atomic mass is 16.5. The normalized spacial score (nSPS) is 12.4. The second-order valence-electron chi connectivity index (χ2n) is 8.38. The first kappa shape index (κ1) is 21.8. The van der Waals surface area contributed by atoms with Gasteiger partial charge in [-0.3, -0.25) is 4.79 Å². The zero-order valence-electron chi connectivity index (χ0n) is 18.2. The second kappa shape index (κ2) is 9.13. The molecule has 2 rings (SSSR count). The summed E-state index contributed by atoms with van der Waals surface area (Å²) in [6.45, 7) is 15.2. The number of amides is 1. The highest BCUT2D eigenvalue weighted by Crippen LogP contribution is 2.25. The van der Waals surface area contributed by atoms with E-state index in [1.54, 1.807) is 6.92 Å². The maximum absolute atomic E-state index is 12.3. The number of carbonyl (C=O) groups is 1. The first-order chi connectivity index (χ1) is 13.1. The molecule has 1 amide bonds. The minimum absolute atomic E-state index is 0.122. The summed E-state index contributed by atoms with van der Waals surface area (Å²) in [5.41, 5.74) is 4.73. The molecule has 152 valence electrons. The summed E-state index contributed by atoms with van der Waals surface area (Å²) in [5, 5.41) is 2.87. The predicted molar refractivity (Wildman–Crippen MR) is 114 cm³/mol. The lowest BCUT2D eigenvalue weighted by atomic mass is 9.87. The number of nitrogens with one attached hydrogen (secondary N) is 1. The molecular weight excluding hydrogens is 350 g/mol. The summed E-state index contributed by atoms with van der Waals surface area (Å²) in [6.07, 6.45) is -0.564. The number of rotatable bonds is 7. The van der Waals surface area contributed by atoms with Crippen molar-refractivity contribution in [3.63, 3.8) is 0 Å². The van der Waals surface area contributed by atoms with Crippen LogP contribution in [0.4, 0.5) is 0 Å². The van der Waals surface area contributed by atoms with E-state index < -0.39 is 6.10 Å². The molecule has 0 spiro atoms. The van der Waals surface area contributed by atoms with E-state index >= 15 is 0 Å². The van der Waals surface area contributed by atoms with Crippen molar-refractivity contribution in [1.82, 2.24) is 5.32 Å². The molecule has 1 unspecified atom stereocenters. The Kier molecular flexibility index (Phi) is 7.11. The van der Waals surface area contributed by atoms with Gasteiger partial charge in [0.2, 0.25) is 0 Å². The number of hydrogen-bond acceptors (Lipinski definition) is 3. The van der Waals surface area contributed by atoms with Gasteiger partial charge in [-0.2, -0.15) is 0 Å². The van der Waals surface area contributed by atoms with Crippen LogP contribution in [0, 0.1) is 20.8 Å². The lowest BCUT2D eigenvalue weighted by Gasteiger charge is -2.19. The topological polar surface area (TPSA) is 47.6 Å². The second-order valence-corrected chi connectivity index (χ2v) is 8.38. The van der Waals surface area contributed by atoms with Gasteiger partial charge in [0.25, 0.3) is 5.91 Å². The van der Waals surface area contributed by atoms with Crippen LogP contribution < -0.4 is 14.8 Å². The van der Waals surface area contributed by atoms with Gasteiger partial charge in [-0.05, 0) is 73.6 Å². The standard InChI is InChI=1S/C24H33NO3/c1-16-14-17(2)18(3)22(15-16)28-19(4)23(26)25-12-13-27-21-10-8-20(9-11-21)24(5,6)7/h8-11,14-15,19H,12-13H2,1-7H3,(H,25,26). The lowest BCUT2D eigenvalue weighted by molar-refractivity contribution is -0.127. The summed E-state index contributed by atoms with van der Waals surface area (Å²) in [7, 11) is 0. The molecule has 0 aliphatic heterocycles. The highest BCUT2D eigenvalue weighted by Gasteiger charge is 2.16. The number of hydrogen-bond donors (Lipinski definition) is 1. The van der Waals surface area contributed by atoms with Crippen LogP contribution in [0.15, 0.2) is 36.4 Å². The highest BCUT2D eigenvalue weighted by molar-refractivity contribution is 5.80. The lowest BCUT2D eigenvalue weighted by Crippen LogP contribution is -2.38. The van der Waals surface area contributed by atoms with Gasteiger partial charge in [-0.1, -0.05) is 39.0 Å². The predicted octanol–water partition coefficient (Wildman–Crippen LogP) is 4.87. The minimum atomic E-state index is -0.564. The Morgan fingerprint density at radius 3 is 2.32 bits per heavy atom. The minimum Gasteiger partial charge on any atom is -0.492 e. The summed E-state index contributed by atoms with van der Waals surface area (Å²) < 4.78 is 11.6. The molecule has 0 radical (unpaired) electrons. The quantitative estimate of drug-likeness (QED) is 0.694. The molecule has 0 fully saturated rings. The first-order valence-corrected chi connectivity index (χ1v) is 9.83. The number of benzene rings is 2. The monoisotopic (exact) mass is 383 g/mol. The molecule has 2 aromatic carbocycles. The van der Waals surface area contributed by atoms with E-state index in [-0.39, 0.29) is 11.3 Å². The molecule has 0 saturated carbocycles. The fourth-order valence-electron chi connectivity index (χ4n) is 2.91. The number of ether oxygens (including phenoxy) is 2. The smallest absolute Gasteiger partial charge is 0.260 e. The Hall–Kier alpha value is -2.49. The van der Waals surface area contributed by atoms with Crippen molar-refractivity contribution in [1.29, 1.82) is 0 Å². The molecule has 2 aromatic rings. The van der Waals surface area contributed by atoms with Gasteiger partial charge in [0.1, 0.15) is 18.1 Å². The maximum Gasteiger partial charge on any atom is 0.260 e. The summed E-state index contributed by atoms with van der Waals surface area (Å²) in [4.78, 5) is 12.3. The van der Waals surface area contributed by atoms with Gasteiger partial charge < -0.3 is 14.8 Å². The van der Waals surface area contributed by atoms with Crippen molar-refractivity contribution >= 4 is 5.91 Å². The molecule has 4 nitrogen and oxygen atoms in total. The van der Waals surface area contributed by atoms with E-state index in [0.29, 0.717) is 13.2 Å². The zero-order valence-corrected chi connectivity index (χ0v) is 18.2. The summed E-state index contributed by atoms with van der Waals surface area (Å²) >= 11 is 0. The van der Waals surface area contributed by atoms with Crippen LogP contribution in [-0.4, -0.2) is 25.2 Å². The van der Waals surface area contributed by atoms with E-state index in [2.05, 4.69) is 44.3 Å². The first-order valence-electron chi connectivity index (χ1n) is 9.83. The third kappa shape index (κ3) is 6.01. The molecule has 0 aliphatic carbocycles. The third-order valence-corrected chi connectivity index (χ3v) is 4.83. The molecule has 0 heterocycles. The van der Waals surface area contributed by atoms with E-state index in [0.717, 1.165) is 28.2 Å². The maximum atomic E-state index is 12.3. The van der Waals surface area contributed by atoms with Crippen molar-refractivity contribution in [2.24, 2.45) is 0 Å². The zero-order chi connectivity index (χ0) is 20.9. The largest absolute Gasteiger partial charge is 0.492 e. The SMILES string of the molecule is Cc1cc(C)c(C)c(OC(C)C(=O)NCCOc2ccc(C(C)(C)C)cc2)c1. The molecule has 0 bridgehead atoms. The van der Waals surface area contributed by atoms with Crippen molar-refractivity contribution in [2.45, 2.75) is 60.0 Å². The van der Waals surface area contributed by atoms with Gasteiger partial charge in [-0.15, -0.1) is 0 Å². The van der Waals surface area contributed by atoms with Crippen LogP contribution in [0.5, 0.6) is 11.5 Å². The van der Waals surface area contributed by atoms with Crippen molar-refractivity contribution in [3.05, 3.63) is 58.7 Å². The Bertz CT molecular complexity index is 804. The molecule has 0 aliphatic rings. The van der Waals surface area contributed by atoms with E-state index in [9.17, 15) is 4.79 Å². The fraction of sp³-hybridized carbons (Fsp3) is 0.458. The van der Waals surface area contributed by atoms with Crippen LogP contribution in [0.2, 0.25) is 0 Å². The van der Waals surface area contributed by atoms with Crippen LogP contribution >= 0.6 is 0 Å². The van der Waals surface area contributed by atoms with E-state index in [1.807, 2.05) is 39.0 Å². The van der Waals surface area contributed by atoms with Crippen LogP contribution in [0.1, 0.15) is 49.9 Å². The van der Waals surface area contributed by atoms with Gasteiger partial charge in [-0.25, -0.2) is 0 Å². The average Bonchev–Trinajstić information content (AvgIpc) is 2.62. The van der Waals surface area contributed by atoms with Crippen molar-refractivity contribution < 1.29 is 14.3 Å². The Labute approximate surface area is 169 Å².